The van der Waals surface area contributed by atoms with Crippen molar-refractivity contribution in [3.05, 3.63) is 30.4 Å². The largest absolute Gasteiger partial charge is 0.344 e. The Balaban J connectivity index is 0.00000288. The predicted octanol–water partition coefficient (Wildman–Crippen LogP) is 2.92. The summed E-state index contributed by atoms with van der Waals surface area (Å²) in [6.45, 7) is 5.86. The lowest BCUT2D eigenvalue weighted by Gasteiger charge is -2.18. The van der Waals surface area contributed by atoms with Crippen LogP contribution in [0.1, 0.15) is 45.5 Å². The molecule has 0 aromatic carbocycles. The highest BCUT2D eigenvalue weighted by Gasteiger charge is 2.24. The van der Waals surface area contributed by atoms with Crippen molar-refractivity contribution >= 4 is 30.7 Å². The van der Waals surface area contributed by atoms with Crippen LogP contribution in [0, 0.1) is 5.92 Å². The summed E-state index contributed by atoms with van der Waals surface area (Å²) in [5, 5.41) is 6.92. The fraction of sp³-hybridized carbons (Fsp3) is 0.500. The molecule has 1 amide bonds. The number of carbonyl (C=O) groups is 1. The van der Waals surface area contributed by atoms with E-state index in [-0.39, 0.29) is 48.7 Å². The predicted molar refractivity (Wildman–Crippen MR) is 101 cm³/mol. The lowest BCUT2D eigenvalue weighted by molar-refractivity contribution is -0.122. The fourth-order valence-electron chi connectivity index (χ4n) is 2.09. The molecule has 140 valence electrons. The van der Waals surface area contributed by atoms with Crippen molar-refractivity contribution in [2.24, 2.45) is 11.7 Å². The SMILES string of the molecule is CC(N)CCC(=O)NC(c1nc(-c2cccnc2)no1)C(C)C.Cl.Cl. The Morgan fingerprint density at radius 3 is 2.60 bits per heavy atom. The molecule has 0 aliphatic carbocycles. The number of amides is 1. The fourth-order valence-corrected chi connectivity index (χ4v) is 2.09. The Hall–Kier alpha value is -1.70. The maximum absolute atomic E-state index is 12.0. The number of rotatable bonds is 7. The van der Waals surface area contributed by atoms with E-state index in [4.69, 9.17) is 10.3 Å². The van der Waals surface area contributed by atoms with Gasteiger partial charge in [0.15, 0.2) is 0 Å². The lowest BCUT2D eigenvalue weighted by atomic mass is 10.0. The summed E-state index contributed by atoms with van der Waals surface area (Å²) >= 11 is 0. The Kier molecular flexibility index (Phi) is 10.3. The summed E-state index contributed by atoms with van der Waals surface area (Å²) in [6.07, 6.45) is 4.37. The molecule has 25 heavy (non-hydrogen) atoms. The standard InChI is InChI=1S/C16H23N5O2.2ClH/c1-10(2)14(19-13(22)7-6-11(3)17)16-20-15(21-23-16)12-5-4-8-18-9-12;;/h4-5,8-11,14H,6-7,17H2,1-3H3,(H,19,22);2*1H. The van der Waals surface area contributed by atoms with Gasteiger partial charge in [0.2, 0.25) is 17.6 Å². The Labute approximate surface area is 160 Å². The first-order chi connectivity index (χ1) is 11.0. The van der Waals surface area contributed by atoms with Crippen LogP contribution in [0.15, 0.2) is 29.0 Å². The summed E-state index contributed by atoms with van der Waals surface area (Å²) in [4.78, 5) is 20.5. The molecule has 0 radical (unpaired) electrons. The second-order valence-electron chi connectivity index (χ2n) is 6.00. The summed E-state index contributed by atoms with van der Waals surface area (Å²) in [6, 6.07) is 3.33. The minimum Gasteiger partial charge on any atom is -0.344 e. The molecule has 7 nitrogen and oxygen atoms in total. The van der Waals surface area contributed by atoms with E-state index in [1.54, 1.807) is 18.5 Å². The molecule has 2 rings (SSSR count). The molecule has 9 heteroatoms. The van der Waals surface area contributed by atoms with Crippen molar-refractivity contribution in [1.29, 1.82) is 0 Å². The van der Waals surface area contributed by atoms with Crippen molar-refractivity contribution in [1.82, 2.24) is 20.4 Å². The van der Waals surface area contributed by atoms with Crippen LogP contribution in [0.25, 0.3) is 11.4 Å². The monoisotopic (exact) mass is 389 g/mol. The van der Waals surface area contributed by atoms with Gasteiger partial charge in [0.05, 0.1) is 0 Å². The van der Waals surface area contributed by atoms with Gasteiger partial charge in [-0.05, 0) is 31.4 Å². The zero-order valence-electron chi connectivity index (χ0n) is 14.5. The summed E-state index contributed by atoms with van der Waals surface area (Å²) in [7, 11) is 0. The second-order valence-corrected chi connectivity index (χ2v) is 6.00. The first-order valence-electron chi connectivity index (χ1n) is 7.76. The number of nitrogens with two attached hydrogens (primary N) is 1. The van der Waals surface area contributed by atoms with Crippen LogP contribution in [0.5, 0.6) is 0 Å². The molecule has 0 aliphatic heterocycles. The summed E-state index contributed by atoms with van der Waals surface area (Å²) in [5.74, 6) is 0.912. The van der Waals surface area contributed by atoms with Gasteiger partial charge in [-0.2, -0.15) is 4.98 Å². The zero-order chi connectivity index (χ0) is 16.8. The van der Waals surface area contributed by atoms with Crippen molar-refractivity contribution in [2.75, 3.05) is 0 Å². The molecular weight excluding hydrogens is 365 g/mol. The van der Waals surface area contributed by atoms with E-state index in [1.165, 1.54) is 0 Å². The number of hydrogen-bond donors (Lipinski definition) is 2. The average Bonchev–Trinajstić information content (AvgIpc) is 3.00. The van der Waals surface area contributed by atoms with E-state index in [0.717, 1.165) is 5.56 Å². The molecule has 0 saturated heterocycles. The van der Waals surface area contributed by atoms with E-state index in [9.17, 15) is 4.79 Å². The molecule has 0 saturated carbocycles. The molecule has 0 bridgehead atoms. The van der Waals surface area contributed by atoms with Crippen molar-refractivity contribution in [2.45, 2.75) is 45.7 Å². The molecule has 2 aromatic heterocycles. The molecule has 2 heterocycles. The van der Waals surface area contributed by atoms with Crippen molar-refractivity contribution in [3.63, 3.8) is 0 Å². The molecule has 3 N–H and O–H groups in total. The van der Waals surface area contributed by atoms with Gasteiger partial charge in [0.1, 0.15) is 6.04 Å². The summed E-state index contributed by atoms with van der Waals surface area (Å²) < 4.78 is 5.34. The van der Waals surface area contributed by atoms with Crippen LogP contribution in [0.3, 0.4) is 0 Å². The topological polar surface area (TPSA) is 107 Å². The molecule has 2 aromatic rings. The lowest BCUT2D eigenvalue weighted by Crippen LogP contribution is -2.32. The number of aromatic nitrogens is 3. The number of nitrogens with zero attached hydrogens (tertiary/aromatic N) is 3. The van der Waals surface area contributed by atoms with Crippen LogP contribution in [0.4, 0.5) is 0 Å². The molecule has 2 atom stereocenters. The van der Waals surface area contributed by atoms with Crippen LogP contribution in [-0.4, -0.2) is 27.1 Å². The first kappa shape index (κ1) is 23.3. The van der Waals surface area contributed by atoms with E-state index >= 15 is 0 Å². The quantitative estimate of drug-likeness (QED) is 0.753. The Bertz CT molecular complexity index is 634. The first-order valence-corrected chi connectivity index (χ1v) is 7.76. The smallest absolute Gasteiger partial charge is 0.249 e. The van der Waals surface area contributed by atoms with Crippen molar-refractivity contribution < 1.29 is 9.32 Å². The zero-order valence-corrected chi connectivity index (χ0v) is 16.1. The Morgan fingerprint density at radius 2 is 2.04 bits per heavy atom. The minimum atomic E-state index is -0.325. The molecular formula is C16H25Cl2N5O2. The number of pyridine rings is 1. The third-order valence-electron chi connectivity index (χ3n) is 3.44. The number of hydrogen-bond acceptors (Lipinski definition) is 6. The van der Waals surface area contributed by atoms with Gasteiger partial charge >= 0.3 is 0 Å². The van der Waals surface area contributed by atoms with Gasteiger partial charge in [-0.1, -0.05) is 19.0 Å². The number of carbonyl (C=O) groups excluding carboxylic acids is 1. The van der Waals surface area contributed by atoms with Crippen LogP contribution >= 0.6 is 24.8 Å². The van der Waals surface area contributed by atoms with Crippen LogP contribution < -0.4 is 11.1 Å². The molecule has 0 aliphatic rings. The highest BCUT2D eigenvalue weighted by Crippen LogP contribution is 2.23. The number of nitrogens with one attached hydrogen (secondary N) is 1. The third-order valence-corrected chi connectivity index (χ3v) is 3.44. The summed E-state index contributed by atoms with van der Waals surface area (Å²) in [5.41, 5.74) is 6.45. The molecule has 2 unspecified atom stereocenters. The van der Waals surface area contributed by atoms with Gasteiger partial charge in [-0.25, -0.2) is 0 Å². The average molecular weight is 390 g/mol. The van der Waals surface area contributed by atoms with Crippen molar-refractivity contribution in [3.8, 4) is 11.4 Å². The minimum absolute atomic E-state index is 0. The third kappa shape index (κ3) is 6.97. The van der Waals surface area contributed by atoms with Gasteiger partial charge < -0.3 is 15.6 Å². The molecule has 0 spiro atoms. The van der Waals surface area contributed by atoms with Crippen LogP contribution in [0.2, 0.25) is 0 Å². The van der Waals surface area contributed by atoms with Gasteiger partial charge in [0.25, 0.3) is 0 Å². The van der Waals surface area contributed by atoms with E-state index < -0.39 is 0 Å². The maximum Gasteiger partial charge on any atom is 0.249 e. The van der Waals surface area contributed by atoms with Crippen LogP contribution in [-0.2, 0) is 4.79 Å². The Morgan fingerprint density at radius 1 is 1.32 bits per heavy atom. The van der Waals surface area contributed by atoms with E-state index in [0.29, 0.717) is 24.6 Å². The van der Waals surface area contributed by atoms with E-state index in [2.05, 4.69) is 20.4 Å². The normalized spacial score (nSPS) is 12.7. The highest BCUT2D eigenvalue weighted by molar-refractivity contribution is 5.85. The van der Waals surface area contributed by atoms with E-state index in [1.807, 2.05) is 26.8 Å². The van der Waals surface area contributed by atoms with Gasteiger partial charge in [-0.3, -0.25) is 9.78 Å². The molecule has 0 fully saturated rings. The highest BCUT2D eigenvalue weighted by atomic mass is 35.5. The van der Waals surface area contributed by atoms with Gasteiger partial charge in [0, 0.05) is 30.4 Å². The van der Waals surface area contributed by atoms with Gasteiger partial charge in [-0.15, -0.1) is 24.8 Å². The maximum atomic E-state index is 12.0. The number of halogens is 2. The second kappa shape index (κ2) is 11.0.